The van der Waals surface area contributed by atoms with E-state index in [0.717, 1.165) is 116 Å². The molecule has 10 heterocycles. The third kappa shape index (κ3) is 46.9. The van der Waals surface area contributed by atoms with Gasteiger partial charge >= 0.3 is 27.5 Å². The number of nitrogens with two attached hydrogens (primary N) is 5. The molecule has 0 atom stereocenters. The number of aryl methyl sites for hydroxylation is 1. The van der Waals surface area contributed by atoms with Crippen LogP contribution in [0.5, 0.6) is 28.7 Å². The third-order valence-corrected chi connectivity index (χ3v) is 14.7. The van der Waals surface area contributed by atoms with Crippen LogP contribution in [-0.2, 0) is 0 Å². The Balaban J connectivity index is -0.000000120. The highest BCUT2D eigenvalue weighted by Gasteiger charge is 2.12. The molecule has 0 unspecified atom stereocenters. The molecule has 0 amide bonds. The highest BCUT2D eigenvalue weighted by molar-refractivity contribution is 9.10. The number of pyridine rings is 5. The number of fused-ring (bicyclic) bond motifs is 5. The largest absolute Gasteiger partial charge is 0.643 e. The summed E-state index contributed by atoms with van der Waals surface area (Å²) in [4.78, 5) is 0. The van der Waals surface area contributed by atoms with Crippen molar-refractivity contribution in [1.82, 2.24) is 48.1 Å². The van der Waals surface area contributed by atoms with E-state index in [1.807, 2.05) is 407 Å². The number of aromatic nitrogens is 10. The highest BCUT2D eigenvalue weighted by atomic mass is 79.9. The van der Waals surface area contributed by atoms with E-state index in [2.05, 4.69) is 41.4 Å². The lowest BCUT2D eigenvalue weighted by Gasteiger charge is -2.08. The molecule has 15 aromatic rings. The molecular weight excluding hydrogens is 1700 g/mol. The summed E-state index contributed by atoms with van der Waals surface area (Å²) in [7, 11) is 28.6. The van der Waals surface area contributed by atoms with E-state index >= 15 is 0 Å². The van der Waals surface area contributed by atoms with Gasteiger partial charge in [-0.1, -0.05) is 274 Å². The number of hydrogen-bond acceptors (Lipinski definition) is 15. The zero-order chi connectivity index (χ0) is 97.5. The van der Waals surface area contributed by atoms with Gasteiger partial charge < -0.3 is 52.6 Å². The molecule has 125 heavy (non-hydrogen) atoms. The molecule has 0 bridgehead atoms. The molecule has 10 aromatic heterocycles. The molecular formula is C98H160AlB2BrCl3N15O5. The Morgan fingerprint density at radius 2 is 0.496 bits per heavy atom. The Hall–Kier alpha value is -10.4. The van der Waals surface area contributed by atoms with Gasteiger partial charge in [-0.25, -0.2) is 52.7 Å². The van der Waals surface area contributed by atoms with Gasteiger partial charge in [-0.15, -0.1) is 0 Å². The number of methoxy groups -OCH3 is 2. The minimum absolute atomic E-state index is 0. The quantitative estimate of drug-likeness (QED) is 0.0610. The predicted molar refractivity (Wildman–Crippen MR) is 570 cm³/mol. The van der Waals surface area contributed by atoms with Crippen LogP contribution in [0.3, 0.4) is 0 Å². The average Bonchev–Trinajstić information content (AvgIpc) is 1.63. The predicted octanol–water partition coefficient (Wildman–Crippen LogP) is 31.0. The number of aromatic hydroxyl groups is 1. The number of ether oxygens (including phenoxy) is 2. The van der Waals surface area contributed by atoms with Gasteiger partial charge in [-0.3, -0.25) is 0 Å². The van der Waals surface area contributed by atoms with Crippen LogP contribution in [-0.4, -0.2) is 94.9 Å². The molecule has 0 saturated heterocycles. The fourth-order valence-corrected chi connectivity index (χ4v) is 10.0. The van der Waals surface area contributed by atoms with Crippen molar-refractivity contribution in [2.45, 2.75) is 215 Å². The molecule has 11 N–H and O–H groups in total. The van der Waals surface area contributed by atoms with Gasteiger partial charge in [0.25, 0.3) is 0 Å². The number of anilines is 5. The molecule has 20 nitrogen and oxygen atoms in total. The lowest BCUT2D eigenvalue weighted by molar-refractivity contribution is 0.411. The first kappa shape index (κ1) is 128. The van der Waals surface area contributed by atoms with E-state index in [9.17, 15) is 5.11 Å². The average molecular weight is 1870 g/mol. The van der Waals surface area contributed by atoms with Crippen LogP contribution >= 0.6 is 46.1 Å². The standard InChI is InChI=1S/C14H13N3O.2C13H10BN3O.C13H11N3O.C8H7BrN2O.C7H9N.15C2H6.Al.3ClH.5H2/c1-18-12-8-13(10-2-4-11(15)5-3-10)14-6-7-16-17(14)9-12;2*14-18-11-7-12(9-1-3-10(15)4-2-9)13-5-6-16-17(13)8-11;14-10-3-1-9(2-4-10)12-7-11(17)8-16-13(12)5-6-15-16;1-12-6-4-7(9)8-2-3-10-11(8)5-6;1-6-2-4-7(8)5-3-6;15*1-2;;;;;;;;;/h2-9H,15H2,1H3;2*1-8H,15H2;1-8,17H,14H2;2-5H,1H3;2-5H,8H2,1H3;15*1-2H3;;8*1H/q;;;;;;;;;;;;;;;;;;;;;+3;;;;;;;;/p-3/i;;;;;;;;;;;;;;;;;;;;;;;;;5*1+1. The van der Waals surface area contributed by atoms with E-state index in [1.165, 1.54) is 5.56 Å². The zero-order valence-electron chi connectivity index (χ0n) is 81.3. The molecule has 0 spiro atoms. The van der Waals surface area contributed by atoms with E-state index in [-0.39, 0.29) is 12.9 Å². The molecule has 0 aliphatic rings. The van der Waals surface area contributed by atoms with E-state index < -0.39 is 11.4 Å². The summed E-state index contributed by atoms with van der Waals surface area (Å²) in [6.07, 6.45) is 17.4. The second-order valence-electron chi connectivity index (χ2n) is 20.5. The van der Waals surface area contributed by atoms with Gasteiger partial charge in [0.1, 0.15) is 28.7 Å². The SMILES string of the molecule is CC.CC.CC.CC.CC.CC.CC.CC.CC.CC.CC.CC.CC.CC.CC.COc1cc(-c2ccc(N)cc2)c2ccnn2c1.COc1cc(Br)c2ccnn2c1.Cc1ccc(N)cc1.Nc1ccc(-c2cc(O)cn3nccc23)cc1.[2HH].[2HH].[2HH].[2HH].[2HH].[B]Oc1cc(-c2ccc(N)cc2)c2ccnn2c1.[B]Oc1cc(-c2ccc(N)cc2)c2ccnn2c1.[Cl][Al]([Cl])[Cl]. The van der Waals surface area contributed by atoms with Crippen molar-refractivity contribution in [3.63, 3.8) is 0 Å². The number of nitrogens with zero attached hydrogens (tertiary/aromatic N) is 10. The summed E-state index contributed by atoms with van der Waals surface area (Å²) in [6, 6.07) is 57.4. The van der Waals surface area contributed by atoms with E-state index in [0.29, 0.717) is 11.5 Å². The molecule has 0 aliphatic carbocycles. The topological polar surface area (TPSA) is 274 Å². The van der Waals surface area contributed by atoms with Crippen LogP contribution in [0, 0.1) is 6.92 Å². The van der Waals surface area contributed by atoms with Crippen molar-refractivity contribution >= 4 is 130 Å². The van der Waals surface area contributed by atoms with Gasteiger partial charge in [0.15, 0.2) is 0 Å². The second-order valence-corrected chi connectivity index (χ2v) is 27.8. The van der Waals surface area contributed by atoms with Crippen molar-refractivity contribution < 1.29 is 31.0 Å². The van der Waals surface area contributed by atoms with Gasteiger partial charge in [0.05, 0.1) is 104 Å². The lowest BCUT2D eigenvalue weighted by atomic mass is 10.0. The van der Waals surface area contributed by atoms with Crippen molar-refractivity contribution in [1.29, 1.82) is 0 Å². The summed E-state index contributed by atoms with van der Waals surface area (Å²) >= 11 is 1.70. The van der Waals surface area contributed by atoms with Crippen molar-refractivity contribution in [3.8, 4) is 73.3 Å². The Morgan fingerprint density at radius 3 is 0.728 bits per heavy atom. The van der Waals surface area contributed by atoms with Crippen LogP contribution in [0.1, 0.15) is 220 Å². The minimum Gasteiger partial charge on any atom is -0.567 e. The lowest BCUT2D eigenvalue weighted by Crippen LogP contribution is -1.94. The first-order chi connectivity index (χ1) is 60.9. The maximum Gasteiger partial charge on any atom is 0.643 e. The minimum atomic E-state index is -1.72. The first-order valence-electron chi connectivity index (χ1n) is 43.6. The van der Waals surface area contributed by atoms with Gasteiger partial charge in [0, 0.05) is 62.3 Å². The fourth-order valence-electron chi connectivity index (χ4n) is 9.48. The summed E-state index contributed by atoms with van der Waals surface area (Å²) in [5.74, 6) is 2.86. The van der Waals surface area contributed by atoms with Gasteiger partial charge in [-0.2, -0.15) is 25.5 Å². The van der Waals surface area contributed by atoms with Crippen LogP contribution < -0.4 is 47.5 Å². The van der Waals surface area contributed by atoms with Crippen LogP contribution in [0.2, 0.25) is 0 Å². The molecule has 0 saturated carbocycles. The van der Waals surface area contributed by atoms with Crippen molar-refractivity contribution in [3.05, 3.63) is 254 Å². The second kappa shape index (κ2) is 83.1. The highest BCUT2D eigenvalue weighted by Crippen LogP contribution is 2.33. The summed E-state index contributed by atoms with van der Waals surface area (Å²) in [6.45, 7) is 62.0. The Bertz CT molecular complexity index is 4670. The maximum atomic E-state index is 9.66. The Morgan fingerprint density at radius 1 is 0.304 bits per heavy atom. The third-order valence-electron chi connectivity index (χ3n) is 14.1. The summed E-state index contributed by atoms with van der Waals surface area (Å²) < 4.78 is 29.6. The zero-order valence-corrected chi connectivity index (χ0v) is 86.3. The van der Waals surface area contributed by atoms with Gasteiger partial charge in [-0.05, 0) is 166 Å². The molecule has 4 radical (unpaired) electrons. The molecule has 27 heteroatoms. The molecule has 0 aliphatic heterocycles. The number of rotatable bonds is 8. The van der Waals surface area contributed by atoms with Crippen LogP contribution in [0.4, 0.5) is 28.4 Å². The van der Waals surface area contributed by atoms with Gasteiger partial charge in [0.2, 0.25) is 0 Å². The van der Waals surface area contributed by atoms with E-state index in [4.69, 9.17) is 93.7 Å². The number of nitrogen functional groups attached to an aromatic ring is 5. The molecule has 694 valence electrons. The number of hydrogen-bond donors (Lipinski definition) is 6. The van der Waals surface area contributed by atoms with Crippen molar-refractivity contribution in [2.24, 2.45) is 0 Å². The normalized spacial score (nSPS) is 8.62. The Kier molecular flexibility index (Phi) is 84.9. The van der Waals surface area contributed by atoms with Crippen molar-refractivity contribution in [2.75, 3.05) is 42.9 Å². The number of benzene rings is 5. The molecule has 5 aromatic carbocycles. The summed E-state index contributed by atoms with van der Waals surface area (Å²) in [5.41, 5.74) is 46.4. The smallest absolute Gasteiger partial charge is 0.567 e. The van der Waals surface area contributed by atoms with E-state index in [1.54, 1.807) is 87.9 Å². The van der Waals surface area contributed by atoms with Crippen LogP contribution in [0.25, 0.3) is 72.1 Å². The first-order valence-corrected chi connectivity index (χ1v) is 49.6. The van der Waals surface area contributed by atoms with Crippen LogP contribution in [0.15, 0.2) is 248 Å². The molecule has 15 rings (SSSR count). The monoisotopic (exact) mass is 1870 g/mol. The number of halogens is 4. The Labute approximate surface area is 788 Å². The maximum absolute atomic E-state index is 9.66. The summed E-state index contributed by atoms with van der Waals surface area (Å²) in [5, 5.41) is 30.5. The fraction of sp³-hybridized carbons (Fsp3) is 0.337. The molecule has 0 fully saturated rings.